The monoisotopic (exact) mass is 277 g/mol. The van der Waals surface area contributed by atoms with Gasteiger partial charge in [-0.05, 0) is 6.42 Å². The minimum Gasteiger partial charge on any atom is -0.389 e. The number of nitrogens with one attached hydrogen (secondary N) is 1. The van der Waals surface area contributed by atoms with Gasteiger partial charge in [-0.3, -0.25) is 0 Å². The highest BCUT2D eigenvalue weighted by Gasteiger charge is 2.24. The highest BCUT2D eigenvalue weighted by Crippen LogP contribution is 2.16. The predicted molar refractivity (Wildman–Crippen MR) is 73.7 cm³/mol. The van der Waals surface area contributed by atoms with Crippen LogP contribution in [-0.4, -0.2) is 50.0 Å². The summed E-state index contributed by atoms with van der Waals surface area (Å²) in [7, 11) is 0. The van der Waals surface area contributed by atoms with Gasteiger partial charge in [0.15, 0.2) is 0 Å². The lowest BCUT2D eigenvalue weighted by molar-refractivity contribution is -0.0136. The summed E-state index contributed by atoms with van der Waals surface area (Å²) in [4.78, 5) is 8.63. The summed E-state index contributed by atoms with van der Waals surface area (Å²) in [6.45, 7) is 5.14. The van der Waals surface area contributed by atoms with Crippen LogP contribution < -0.4 is 5.32 Å². The van der Waals surface area contributed by atoms with Crippen molar-refractivity contribution in [3.63, 3.8) is 0 Å². The number of imidazole rings is 1. The van der Waals surface area contributed by atoms with Crippen molar-refractivity contribution in [2.75, 3.05) is 18.5 Å². The van der Waals surface area contributed by atoms with Crippen molar-refractivity contribution < 1.29 is 9.84 Å². The molecule has 0 aliphatic carbocycles. The summed E-state index contributed by atoms with van der Waals surface area (Å²) < 4.78 is 7.01. The molecule has 1 fully saturated rings. The van der Waals surface area contributed by atoms with Gasteiger partial charge in [0.1, 0.15) is 11.3 Å². The SMILES string of the molecule is CC(C)c1ncc2cnc(N[C@@H]3CCOC[C@H]3O)nn12. The van der Waals surface area contributed by atoms with Crippen molar-refractivity contribution in [2.24, 2.45) is 0 Å². The number of ether oxygens (including phenoxy) is 1. The second-order valence-corrected chi connectivity index (χ2v) is 5.37. The van der Waals surface area contributed by atoms with Gasteiger partial charge >= 0.3 is 0 Å². The van der Waals surface area contributed by atoms with Crippen LogP contribution in [-0.2, 0) is 4.74 Å². The molecule has 0 aromatic carbocycles. The number of nitrogens with zero attached hydrogens (tertiary/aromatic N) is 4. The Labute approximate surface area is 117 Å². The van der Waals surface area contributed by atoms with Crippen LogP contribution in [0.15, 0.2) is 12.4 Å². The fourth-order valence-electron chi connectivity index (χ4n) is 2.34. The molecule has 3 heterocycles. The smallest absolute Gasteiger partial charge is 0.241 e. The van der Waals surface area contributed by atoms with Gasteiger partial charge in [-0.1, -0.05) is 13.8 Å². The molecule has 20 heavy (non-hydrogen) atoms. The third-order valence-corrected chi connectivity index (χ3v) is 3.46. The largest absolute Gasteiger partial charge is 0.389 e. The second kappa shape index (κ2) is 5.34. The highest BCUT2D eigenvalue weighted by atomic mass is 16.5. The Bertz CT molecular complexity index is 597. The summed E-state index contributed by atoms with van der Waals surface area (Å²) >= 11 is 0. The minimum atomic E-state index is -0.532. The topological polar surface area (TPSA) is 84.6 Å². The number of anilines is 1. The first kappa shape index (κ1) is 13.3. The predicted octanol–water partition coefficient (Wildman–Crippen LogP) is 0.809. The number of aliphatic hydroxyl groups excluding tert-OH is 1. The molecule has 0 unspecified atom stereocenters. The zero-order valence-electron chi connectivity index (χ0n) is 11.7. The molecule has 0 amide bonds. The number of hydrogen-bond donors (Lipinski definition) is 2. The van der Waals surface area contributed by atoms with Crippen LogP contribution in [0.1, 0.15) is 32.0 Å². The summed E-state index contributed by atoms with van der Waals surface area (Å²) in [6, 6.07) is -0.0766. The normalized spacial score (nSPS) is 23.4. The van der Waals surface area contributed by atoms with E-state index in [1.54, 1.807) is 16.9 Å². The fourth-order valence-corrected chi connectivity index (χ4v) is 2.34. The Morgan fingerprint density at radius 3 is 2.95 bits per heavy atom. The molecule has 2 atom stereocenters. The first-order chi connectivity index (χ1) is 9.65. The Morgan fingerprint density at radius 2 is 2.20 bits per heavy atom. The molecule has 7 nitrogen and oxygen atoms in total. The second-order valence-electron chi connectivity index (χ2n) is 5.37. The summed E-state index contributed by atoms with van der Waals surface area (Å²) in [6.07, 6.45) is 3.71. The van der Waals surface area contributed by atoms with E-state index in [4.69, 9.17) is 4.74 Å². The average molecular weight is 277 g/mol. The molecule has 7 heteroatoms. The molecule has 108 valence electrons. The van der Waals surface area contributed by atoms with E-state index in [1.165, 1.54) is 0 Å². The third-order valence-electron chi connectivity index (χ3n) is 3.46. The van der Waals surface area contributed by atoms with E-state index >= 15 is 0 Å². The quantitative estimate of drug-likeness (QED) is 0.863. The minimum absolute atomic E-state index is 0.0766. The van der Waals surface area contributed by atoms with E-state index in [9.17, 15) is 5.11 Å². The van der Waals surface area contributed by atoms with Crippen molar-refractivity contribution in [3.05, 3.63) is 18.2 Å². The van der Waals surface area contributed by atoms with Gasteiger partial charge in [-0.25, -0.2) is 14.5 Å². The molecule has 0 radical (unpaired) electrons. The van der Waals surface area contributed by atoms with E-state index in [0.29, 0.717) is 19.2 Å². The molecule has 3 rings (SSSR count). The summed E-state index contributed by atoms with van der Waals surface area (Å²) in [5.41, 5.74) is 0.867. The van der Waals surface area contributed by atoms with Gasteiger partial charge in [-0.15, -0.1) is 5.10 Å². The fraction of sp³-hybridized carbons (Fsp3) is 0.615. The van der Waals surface area contributed by atoms with Gasteiger partial charge in [0.25, 0.3) is 0 Å². The molecule has 0 spiro atoms. The van der Waals surface area contributed by atoms with Crippen LogP contribution in [0.4, 0.5) is 5.95 Å². The lowest BCUT2D eigenvalue weighted by atomic mass is 10.1. The molecule has 2 N–H and O–H groups in total. The number of hydrogen-bond acceptors (Lipinski definition) is 6. The number of aromatic nitrogens is 4. The third kappa shape index (κ3) is 2.46. The summed E-state index contributed by atoms with van der Waals surface area (Å²) in [5, 5.41) is 17.5. The standard InChI is InChI=1S/C13H19N5O2/c1-8(2)12-14-5-9-6-15-13(17-18(9)12)16-10-3-4-20-7-11(10)19/h5-6,8,10-11,19H,3-4,7H2,1-2H3,(H,16,17)/t10-,11-/m1/s1. The molecule has 1 saturated heterocycles. The van der Waals surface area contributed by atoms with Crippen molar-refractivity contribution >= 4 is 11.5 Å². The highest BCUT2D eigenvalue weighted by molar-refractivity contribution is 5.44. The van der Waals surface area contributed by atoms with Crippen molar-refractivity contribution in [3.8, 4) is 0 Å². The van der Waals surface area contributed by atoms with Crippen LogP contribution in [0.2, 0.25) is 0 Å². The molecule has 2 aromatic heterocycles. The molecular formula is C13H19N5O2. The lowest BCUT2D eigenvalue weighted by Crippen LogP contribution is -2.42. The zero-order valence-corrected chi connectivity index (χ0v) is 11.7. The molecule has 1 aliphatic heterocycles. The van der Waals surface area contributed by atoms with Crippen molar-refractivity contribution in [1.82, 2.24) is 19.6 Å². The van der Waals surface area contributed by atoms with Gasteiger partial charge in [0, 0.05) is 12.5 Å². The molecule has 1 aliphatic rings. The Balaban J connectivity index is 1.86. The first-order valence-electron chi connectivity index (χ1n) is 6.88. The first-order valence-corrected chi connectivity index (χ1v) is 6.88. The van der Waals surface area contributed by atoms with E-state index in [2.05, 4.69) is 34.2 Å². The maximum Gasteiger partial charge on any atom is 0.241 e. The molecular weight excluding hydrogens is 258 g/mol. The average Bonchev–Trinajstić information content (AvgIpc) is 2.84. The van der Waals surface area contributed by atoms with Crippen LogP contribution >= 0.6 is 0 Å². The van der Waals surface area contributed by atoms with Gasteiger partial charge in [-0.2, -0.15) is 0 Å². The lowest BCUT2D eigenvalue weighted by Gasteiger charge is -2.28. The Hall–Kier alpha value is -1.73. The number of aliphatic hydroxyl groups is 1. The maximum atomic E-state index is 9.88. The maximum absolute atomic E-state index is 9.88. The van der Waals surface area contributed by atoms with Crippen LogP contribution in [0.5, 0.6) is 0 Å². The van der Waals surface area contributed by atoms with Crippen molar-refractivity contribution in [1.29, 1.82) is 0 Å². The molecule has 2 aromatic rings. The van der Waals surface area contributed by atoms with E-state index in [0.717, 1.165) is 17.8 Å². The van der Waals surface area contributed by atoms with Crippen LogP contribution in [0.25, 0.3) is 5.52 Å². The van der Waals surface area contributed by atoms with Gasteiger partial charge in [0.05, 0.1) is 31.1 Å². The van der Waals surface area contributed by atoms with E-state index in [-0.39, 0.29) is 12.0 Å². The Kier molecular flexibility index (Phi) is 3.54. The van der Waals surface area contributed by atoms with E-state index in [1.807, 2.05) is 0 Å². The zero-order chi connectivity index (χ0) is 14.1. The van der Waals surface area contributed by atoms with Crippen LogP contribution in [0.3, 0.4) is 0 Å². The van der Waals surface area contributed by atoms with Gasteiger partial charge in [0.2, 0.25) is 5.95 Å². The van der Waals surface area contributed by atoms with Crippen LogP contribution in [0, 0.1) is 0 Å². The summed E-state index contributed by atoms with van der Waals surface area (Å²) in [5.74, 6) is 1.69. The number of rotatable bonds is 3. The molecule has 0 saturated carbocycles. The van der Waals surface area contributed by atoms with E-state index < -0.39 is 6.10 Å². The molecule has 0 bridgehead atoms. The van der Waals surface area contributed by atoms with Crippen molar-refractivity contribution in [2.45, 2.75) is 38.3 Å². The number of fused-ring (bicyclic) bond motifs is 1. The van der Waals surface area contributed by atoms with Gasteiger partial charge < -0.3 is 15.2 Å². The Morgan fingerprint density at radius 1 is 1.40 bits per heavy atom.